The number of pyridine rings is 1. The van der Waals surface area contributed by atoms with E-state index in [0.29, 0.717) is 42.8 Å². The van der Waals surface area contributed by atoms with E-state index in [1.165, 1.54) is 0 Å². The number of aromatic amines is 1. The third kappa shape index (κ3) is 3.08. The van der Waals surface area contributed by atoms with Crippen molar-refractivity contribution in [3.8, 4) is 5.75 Å². The van der Waals surface area contributed by atoms with Crippen LogP contribution in [0.4, 0.5) is 0 Å². The molecule has 128 valence electrons. The zero-order valence-corrected chi connectivity index (χ0v) is 13.7. The number of rotatable bonds is 3. The average Bonchev–Trinajstić information content (AvgIpc) is 2.67. The second-order valence-electron chi connectivity index (χ2n) is 5.99. The number of H-pyrrole nitrogens is 1. The molecule has 6 heteroatoms. The van der Waals surface area contributed by atoms with Crippen LogP contribution in [0.25, 0.3) is 21.8 Å². The van der Waals surface area contributed by atoms with Gasteiger partial charge in [0.05, 0.1) is 18.7 Å². The predicted molar refractivity (Wildman–Crippen MR) is 95.0 cm³/mol. The summed E-state index contributed by atoms with van der Waals surface area (Å²) in [6, 6.07) is 12.7. The number of nitrogens with zero attached hydrogens (tertiary/aromatic N) is 1. The summed E-state index contributed by atoms with van der Waals surface area (Å²) < 4.78 is 10.8. The van der Waals surface area contributed by atoms with E-state index >= 15 is 0 Å². The van der Waals surface area contributed by atoms with E-state index in [-0.39, 0.29) is 17.9 Å². The molecule has 0 atom stereocenters. The van der Waals surface area contributed by atoms with Gasteiger partial charge in [-0.1, -0.05) is 12.1 Å². The quantitative estimate of drug-likeness (QED) is 0.741. The van der Waals surface area contributed by atoms with Crippen LogP contribution in [0.1, 0.15) is 0 Å². The lowest BCUT2D eigenvalue weighted by molar-refractivity contribution is -0.137. The number of carbonyl (C=O) groups is 1. The molecule has 25 heavy (non-hydrogen) atoms. The number of fused-ring (bicyclic) bond motifs is 2. The minimum Gasteiger partial charge on any atom is -0.484 e. The molecule has 0 bridgehead atoms. The molecule has 3 aromatic rings. The van der Waals surface area contributed by atoms with Gasteiger partial charge in [0, 0.05) is 29.4 Å². The van der Waals surface area contributed by atoms with Gasteiger partial charge in [0.2, 0.25) is 0 Å². The number of morpholine rings is 1. The van der Waals surface area contributed by atoms with Crippen LogP contribution in [-0.2, 0) is 9.53 Å². The van der Waals surface area contributed by atoms with Gasteiger partial charge >= 0.3 is 0 Å². The van der Waals surface area contributed by atoms with E-state index < -0.39 is 0 Å². The molecule has 1 N–H and O–H groups in total. The Morgan fingerprint density at radius 3 is 2.68 bits per heavy atom. The van der Waals surface area contributed by atoms with Crippen molar-refractivity contribution in [2.75, 3.05) is 32.9 Å². The molecular weight excluding hydrogens is 320 g/mol. The molecule has 0 spiro atoms. The van der Waals surface area contributed by atoms with Crippen LogP contribution >= 0.6 is 0 Å². The minimum atomic E-state index is -0.0733. The molecule has 1 saturated heterocycles. The summed E-state index contributed by atoms with van der Waals surface area (Å²) in [5.41, 5.74) is 1.50. The lowest BCUT2D eigenvalue weighted by Crippen LogP contribution is -2.42. The normalized spacial score (nSPS) is 14.8. The van der Waals surface area contributed by atoms with E-state index in [9.17, 15) is 9.59 Å². The summed E-state index contributed by atoms with van der Waals surface area (Å²) in [5, 5.41) is 1.19. The third-order valence-electron chi connectivity index (χ3n) is 4.40. The number of benzene rings is 2. The van der Waals surface area contributed by atoms with Crippen molar-refractivity contribution in [3.05, 3.63) is 52.7 Å². The van der Waals surface area contributed by atoms with Gasteiger partial charge in [-0.2, -0.15) is 0 Å². The monoisotopic (exact) mass is 338 g/mol. The van der Waals surface area contributed by atoms with Gasteiger partial charge in [-0.25, -0.2) is 0 Å². The predicted octanol–water partition coefficient (Wildman–Crippen LogP) is 1.92. The van der Waals surface area contributed by atoms with Crippen LogP contribution in [-0.4, -0.2) is 48.7 Å². The highest BCUT2D eigenvalue weighted by Gasteiger charge is 2.17. The second-order valence-corrected chi connectivity index (χ2v) is 5.99. The minimum absolute atomic E-state index is 0.0447. The van der Waals surface area contributed by atoms with Crippen LogP contribution in [0.5, 0.6) is 5.75 Å². The van der Waals surface area contributed by atoms with E-state index in [4.69, 9.17) is 9.47 Å². The SMILES string of the molecule is O=C(COc1ccc2[nH]c3ccccc3c(=O)c2c1)N1CCOCC1. The van der Waals surface area contributed by atoms with Crippen molar-refractivity contribution in [3.63, 3.8) is 0 Å². The number of para-hydroxylation sites is 1. The molecular formula is C19H18N2O4. The first-order valence-electron chi connectivity index (χ1n) is 8.25. The fourth-order valence-electron chi connectivity index (χ4n) is 3.04. The van der Waals surface area contributed by atoms with Crippen LogP contribution in [0.3, 0.4) is 0 Å². The topological polar surface area (TPSA) is 71.6 Å². The largest absolute Gasteiger partial charge is 0.484 e. The molecule has 0 aliphatic carbocycles. The summed E-state index contributed by atoms with van der Waals surface area (Å²) in [5.74, 6) is 0.436. The number of amides is 1. The van der Waals surface area contributed by atoms with Crippen molar-refractivity contribution in [1.82, 2.24) is 9.88 Å². The summed E-state index contributed by atoms with van der Waals surface area (Å²) in [6.07, 6.45) is 0. The summed E-state index contributed by atoms with van der Waals surface area (Å²) in [7, 11) is 0. The van der Waals surface area contributed by atoms with Gasteiger partial charge in [0.25, 0.3) is 5.91 Å². The van der Waals surface area contributed by atoms with Gasteiger partial charge < -0.3 is 19.4 Å². The first-order chi connectivity index (χ1) is 12.2. The van der Waals surface area contributed by atoms with Crippen LogP contribution in [0.15, 0.2) is 47.3 Å². The molecule has 6 nitrogen and oxygen atoms in total. The Morgan fingerprint density at radius 2 is 1.84 bits per heavy atom. The van der Waals surface area contributed by atoms with Crippen LogP contribution in [0, 0.1) is 0 Å². The summed E-state index contributed by atoms with van der Waals surface area (Å²) >= 11 is 0. The molecule has 1 aliphatic rings. The highest BCUT2D eigenvalue weighted by molar-refractivity contribution is 5.93. The Hall–Kier alpha value is -2.86. The number of nitrogens with one attached hydrogen (secondary N) is 1. The number of aromatic nitrogens is 1. The van der Waals surface area contributed by atoms with Gasteiger partial charge in [0.1, 0.15) is 5.75 Å². The van der Waals surface area contributed by atoms with E-state index in [0.717, 1.165) is 11.0 Å². The van der Waals surface area contributed by atoms with Gasteiger partial charge in [0.15, 0.2) is 12.0 Å². The van der Waals surface area contributed by atoms with Gasteiger partial charge in [-0.05, 0) is 30.3 Å². The average molecular weight is 338 g/mol. The maximum Gasteiger partial charge on any atom is 0.260 e. The van der Waals surface area contributed by atoms with Crippen molar-refractivity contribution < 1.29 is 14.3 Å². The number of hydrogen-bond acceptors (Lipinski definition) is 4. The molecule has 0 unspecified atom stereocenters. The fourth-order valence-corrected chi connectivity index (χ4v) is 3.04. The molecule has 0 saturated carbocycles. The smallest absolute Gasteiger partial charge is 0.260 e. The molecule has 1 amide bonds. The molecule has 4 rings (SSSR count). The third-order valence-corrected chi connectivity index (χ3v) is 4.40. The molecule has 2 aromatic carbocycles. The molecule has 1 aromatic heterocycles. The Kier molecular flexibility index (Phi) is 4.11. The summed E-state index contributed by atoms with van der Waals surface area (Å²) in [4.78, 5) is 29.8. The first-order valence-corrected chi connectivity index (χ1v) is 8.25. The van der Waals surface area contributed by atoms with E-state index in [2.05, 4.69) is 4.98 Å². The summed E-state index contributed by atoms with van der Waals surface area (Å²) in [6.45, 7) is 2.25. The molecule has 2 heterocycles. The van der Waals surface area contributed by atoms with Gasteiger partial charge in [-0.15, -0.1) is 0 Å². The molecule has 1 fully saturated rings. The fraction of sp³-hybridized carbons (Fsp3) is 0.263. The van der Waals surface area contributed by atoms with Crippen molar-refractivity contribution in [2.45, 2.75) is 0 Å². The van der Waals surface area contributed by atoms with E-state index in [1.807, 2.05) is 18.2 Å². The Balaban J connectivity index is 1.58. The molecule has 1 aliphatic heterocycles. The lowest BCUT2D eigenvalue weighted by atomic mass is 10.1. The molecule has 0 radical (unpaired) electrons. The standard InChI is InChI=1S/C19H18N2O4/c22-18(21-7-9-24-10-8-21)12-25-13-5-6-17-15(11-13)19(23)14-3-1-2-4-16(14)20-17/h1-6,11H,7-10,12H2,(H,20,23). The maximum atomic E-state index is 12.7. The Bertz CT molecular complexity index is 990. The van der Waals surface area contributed by atoms with Gasteiger partial charge in [-0.3, -0.25) is 9.59 Å². The maximum absolute atomic E-state index is 12.7. The Morgan fingerprint density at radius 1 is 1.08 bits per heavy atom. The zero-order valence-electron chi connectivity index (χ0n) is 13.7. The Labute approximate surface area is 144 Å². The van der Waals surface area contributed by atoms with E-state index in [1.54, 1.807) is 29.2 Å². The van der Waals surface area contributed by atoms with Crippen LogP contribution in [0.2, 0.25) is 0 Å². The highest BCUT2D eigenvalue weighted by Crippen LogP contribution is 2.20. The van der Waals surface area contributed by atoms with Crippen molar-refractivity contribution >= 4 is 27.7 Å². The first kappa shape index (κ1) is 15.7. The highest BCUT2D eigenvalue weighted by atomic mass is 16.5. The number of hydrogen-bond donors (Lipinski definition) is 1. The van der Waals surface area contributed by atoms with Crippen LogP contribution < -0.4 is 10.2 Å². The second kappa shape index (κ2) is 6.57. The number of carbonyl (C=O) groups excluding carboxylic acids is 1. The van der Waals surface area contributed by atoms with Crippen molar-refractivity contribution in [2.24, 2.45) is 0 Å². The lowest BCUT2D eigenvalue weighted by Gasteiger charge is -2.26. The van der Waals surface area contributed by atoms with Crippen molar-refractivity contribution in [1.29, 1.82) is 0 Å². The zero-order chi connectivity index (χ0) is 17.2. The number of ether oxygens (including phenoxy) is 2.